The van der Waals surface area contributed by atoms with Crippen molar-refractivity contribution in [1.82, 2.24) is 0 Å². The van der Waals surface area contributed by atoms with E-state index < -0.39 is 0 Å². The minimum Gasteiger partial charge on any atom is -1.00 e. The maximum atomic E-state index is 2.22. The van der Waals surface area contributed by atoms with Crippen molar-refractivity contribution >= 4 is 8.19 Å². The molecule has 0 spiro atoms. The fourth-order valence-corrected chi connectivity index (χ4v) is 1.37. The van der Waals surface area contributed by atoms with Crippen molar-refractivity contribution in [1.29, 1.82) is 0 Å². The Bertz CT molecular complexity index is 148. The van der Waals surface area contributed by atoms with E-state index in [9.17, 15) is 0 Å². The van der Waals surface area contributed by atoms with Gasteiger partial charge in [-0.2, -0.15) is 17.4 Å². The van der Waals surface area contributed by atoms with Gasteiger partial charge in [0.15, 0.2) is 0 Å². The molecule has 0 aliphatic rings. The summed E-state index contributed by atoms with van der Waals surface area (Å²) in [6.07, 6.45) is 0. The molecule has 0 unspecified atom stereocenters. The second-order valence-electron chi connectivity index (χ2n) is 1.79. The zero-order valence-electron chi connectivity index (χ0n) is 7.18. The van der Waals surface area contributed by atoms with Gasteiger partial charge in [-0.05, 0) is 0 Å². The van der Waals surface area contributed by atoms with E-state index in [2.05, 4.69) is 25.7 Å². The Morgan fingerprint density at radius 3 is 2.50 bits per heavy atom. The Morgan fingerprint density at radius 1 is 1.75 bits per heavy atom. The van der Waals surface area contributed by atoms with E-state index in [1.165, 1.54) is 19.1 Å². The first-order valence-corrected chi connectivity index (χ1v) is 3.31. The molecule has 1 heterocycles. The number of rotatable bonds is 0. The first-order valence-electron chi connectivity index (χ1n) is 2.35. The van der Waals surface area contributed by atoms with Crippen LogP contribution in [0.2, 0.25) is 0 Å². The normalized spacial score (nSPS) is 9.25. The zero-order valence-corrected chi connectivity index (χ0v) is 7.88. The van der Waals surface area contributed by atoms with Gasteiger partial charge in [0.05, 0.1) is 0 Å². The molecule has 0 amide bonds. The van der Waals surface area contributed by atoms with Gasteiger partial charge in [-0.1, -0.05) is 13.8 Å². The van der Waals surface area contributed by atoms with E-state index >= 15 is 0 Å². The molecule has 0 aliphatic heterocycles. The van der Waals surface area contributed by atoms with Crippen LogP contribution >= 0.6 is 8.19 Å². The third-order valence-corrected chi connectivity index (χ3v) is 1.98. The molecular weight excluding hydrogens is 148 g/mol. The van der Waals surface area contributed by atoms with Crippen LogP contribution in [0.25, 0.3) is 0 Å². The number of hydrogen-bond donors (Lipinski definition) is 0. The molecular formula is C6H10PSc. The predicted octanol–water partition coefficient (Wildman–Crippen LogP) is 2.82. The van der Waals surface area contributed by atoms with Gasteiger partial charge in [-0.15, -0.1) is 5.30 Å². The molecule has 1 aromatic heterocycles. The molecule has 42 valence electrons. The number of hydrogen-bond acceptors (Lipinski definition) is 0. The summed E-state index contributed by atoms with van der Waals surface area (Å²) in [4.78, 5) is 0. The Kier molecular flexibility index (Phi) is 3.93. The number of aryl methyl sites for hydroxylation is 2. The standard InChI is InChI=1S/C6H8P.Sc.2H/c1-5-3-6(2)7-4-5;;;/h3-4H,1-2H3;;;/q-1;+3;2*-1. The van der Waals surface area contributed by atoms with Crippen LogP contribution in [0.15, 0.2) is 11.9 Å². The Morgan fingerprint density at radius 2 is 2.38 bits per heavy atom. The van der Waals surface area contributed by atoms with Gasteiger partial charge in [-0.25, -0.2) is 8.19 Å². The van der Waals surface area contributed by atoms with Gasteiger partial charge in [0.25, 0.3) is 0 Å². The van der Waals surface area contributed by atoms with E-state index in [-0.39, 0.29) is 28.7 Å². The smallest absolute Gasteiger partial charge is 1.00 e. The van der Waals surface area contributed by atoms with Crippen LogP contribution in [0.3, 0.4) is 0 Å². The van der Waals surface area contributed by atoms with Crippen molar-refractivity contribution in [3.05, 3.63) is 22.7 Å². The molecule has 2 heteroatoms. The summed E-state index contributed by atoms with van der Waals surface area (Å²) >= 11 is 0. The average Bonchev–Trinajstić information content (AvgIpc) is 1.87. The Balaban J connectivity index is -0.000000163. The second kappa shape index (κ2) is 3.63. The first-order chi connectivity index (χ1) is 3.29. The van der Waals surface area contributed by atoms with Crippen LogP contribution in [0, 0.1) is 13.8 Å². The Labute approximate surface area is 73.5 Å². The van der Waals surface area contributed by atoms with Crippen LogP contribution in [-0.2, 0) is 25.8 Å². The summed E-state index contributed by atoms with van der Waals surface area (Å²) in [6.45, 7) is 4.28. The van der Waals surface area contributed by atoms with Crippen LogP contribution in [0.1, 0.15) is 13.7 Å². The van der Waals surface area contributed by atoms with Crippen LogP contribution in [0.4, 0.5) is 0 Å². The van der Waals surface area contributed by atoms with Crippen molar-refractivity contribution in [3.63, 3.8) is 0 Å². The van der Waals surface area contributed by atoms with Crippen molar-refractivity contribution < 1.29 is 28.7 Å². The maximum absolute atomic E-state index is 2.22. The average molecular weight is 158 g/mol. The topological polar surface area (TPSA) is 0 Å². The van der Waals surface area contributed by atoms with Gasteiger partial charge in [0.2, 0.25) is 0 Å². The van der Waals surface area contributed by atoms with E-state index in [1.54, 1.807) is 0 Å². The maximum Gasteiger partial charge on any atom is 3.00 e. The molecule has 0 aliphatic carbocycles. The zero-order chi connectivity index (χ0) is 5.28. The van der Waals surface area contributed by atoms with Gasteiger partial charge >= 0.3 is 25.8 Å². The molecule has 0 radical (unpaired) electrons. The molecule has 1 aromatic rings. The summed E-state index contributed by atoms with van der Waals surface area (Å²) in [5, 5.41) is 1.46. The molecule has 0 bridgehead atoms. The molecule has 1 rings (SSSR count). The van der Waals surface area contributed by atoms with Gasteiger partial charge < -0.3 is 2.85 Å². The summed E-state index contributed by atoms with van der Waals surface area (Å²) in [6, 6.07) is 2.21. The van der Waals surface area contributed by atoms with Crippen molar-refractivity contribution in [3.8, 4) is 0 Å². The van der Waals surface area contributed by atoms with E-state index in [0.29, 0.717) is 0 Å². The largest absolute Gasteiger partial charge is 3.00 e. The minimum absolute atomic E-state index is 0. The van der Waals surface area contributed by atoms with Gasteiger partial charge in [0.1, 0.15) is 0 Å². The van der Waals surface area contributed by atoms with E-state index in [0.717, 1.165) is 0 Å². The second-order valence-corrected chi connectivity index (χ2v) is 3.01. The fraction of sp³-hybridized carbons (Fsp3) is 0.333. The van der Waals surface area contributed by atoms with Gasteiger partial charge in [-0.3, -0.25) is 0 Å². The molecule has 0 saturated heterocycles. The third-order valence-electron chi connectivity index (χ3n) is 0.908. The third kappa shape index (κ3) is 2.28. The predicted molar refractivity (Wildman–Crippen MR) is 36.2 cm³/mol. The Hall–Kier alpha value is 0.650. The molecule has 0 N–H and O–H groups in total. The molecule has 0 saturated carbocycles. The van der Waals surface area contributed by atoms with E-state index in [1.807, 2.05) is 0 Å². The molecule has 0 atom stereocenters. The monoisotopic (exact) mass is 158 g/mol. The van der Waals surface area contributed by atoms with Crippen LogP contribution in [-0.4, -0.2) is 0 Å². The molecule has 0 nitrogen and oxygen atoms in total. The van der Waals surface area contributed by atoms with Crippen LogP contribution in [0.5, 0.6) is 0 Å². The molecule has 8 heavy (non-hydrogen) atoms. The summed E-state index contributed by atoms with van der Waals surface area (Å²) in [5.41, 5.74) is 1.40. The van der Waals surface area contributed by atoms with Crippen molar-refractivity contribution in [2.75, 3.05) is 0 Å². The fourth-order valence-electron chi connectivity index (χ4n) is 0.608. The van der Waals surface area contributed by atoms with Crippen molar-refractivity contribution in [2.45, 2.75) is 13.8 Å². The van der Waals surface area contributed by atoms with Crippen molar-refractivity contribution in [2.24, 2.45) is 0 Å². The first kappa shape index (κ1) is 8.65. The quantitative estimate of drug-likeness (QED) is 0.509. The molecule has 0 aromatic carbocycles. The summed E-state index contributed by atoms with van der Waals surface area (Å²) in [7, 11) is 1.38. The van der Waals surface area contributed by atoms with Gasteiger partial charge in [0, 0.05) is 0 Å². The SMILES string of the molecule is Cc1cp[c-](C)c1.[H-].[H-].[Sc+3]. The summed E-state index contributed by atoms with van der Waals surface area (Å²) in [5.74, 6) is 2.22. The van der Waals surface area contributed by atoms with Crippen LogP contribution < -0.4 is 0 Å². The molecule has 0 fully saturated rings. The summed E-state index contributed by atoms with van der Waals surface area (Å²) < 4.78 is 0. The van der Waals surface area contributed by atoms with E-state index in [4.69, 9.17) is 0 Å². The minimum atomic E-state index is 0.